The number of piperidine rings is 2. The van der Waals surface area contributed by atoms with Crippen LogP contribution in [0.3, 0.4) is 0 Å². The molecule has 1 aromatic rings. The summed E-state index contributed by atoms with van der Waals surface area (Å²) in [4.78, 5) is 2.36. The van der Waals surface area contributed by atoms with E-state index in [9.17, 15) is 0 Å². The summed E-state index contributed by atoms with van der Waals surface area (Å²) in [6.45, 7) is 3.37. The lowest BCUT2D eigenvalue weighted by Gasteiger charge is -2.30. The van der Waals surface area contributed by atoms with Gasteiger partial charge in [-0.3, -0.25) is 0 Å². The molecule has 4 heteroatoms. The van der Waals surface area contributed by atoms with E-state index in [-0.39, 0.29) is 0 Å². The second-order valence-corrected chi connectivity index (χ2v) is 6.96. The standard InChI is InChI=1S/C19H30N2O2/c1-21-11-8-17(9-12-21)23-19-14-15(6-7-18(19)22-2)13-16-5-3-4-10-20-16/h6-7,14,16-17,20H,3-5,8-13H2,1-2H3. The average Bonchev–Trinajstić information content (AvgIpc) is 2.58. The Balaban J connectivity index is 1.65. The minimum Gasteiger partial charge on any atom is -0.493 e. The van der Waals surface area contributed by atoms with Crippen molar-refractivity contribution in [3.05, 3.63) is 23.8 Å². The SMILES string of the molecule is COc1ccc(CC2CCCCN2)cc1OC1CCN(C)CC1. The highest BCUT2D eigenvalue weighted by molar-refractivity contribution is 5.43. The molecule has 1 N–H and O–H groups in total. The number of hydrogen-bond acceptors (Lipinski definition) is 4. The van der Waals surface area contributed by atoms with Gasteiger partial charge in [-0.2, -0.15) is 0 Å². The number of benzene rings is 1. The maximum atomic E-state index is 6.28. The van der Waals surface area contributed by atoms with Crippen LogP contribution in [0.25, 0.3) is 0 Å². The van der Waals surface area contributed by atoms with E-state index in [0.29, 0.717) is 12.1 Å². The normalized spacial score (nSPS) is 23.7. The van der Waals surface area contributed by atoms with Crippen LogP contribution in [0.5, 0.6) is 11.5 Å². The molecule has 0 aliphatic carbocycles. The van der Waals surface area contributed by atoms with Gasteiger partial charge in [0.1, 0.15) is 6.10 Å². The Morgan fingerprint density at radius 3 is 2.65 bits per heavy atom. The molecule has 0 aromatic heterocycles. The van der Waals surface area contributed by atoms with Crippen LogP contribution in [-0.4, -0.2) is 50.8 Å². The first-order valence-corrected chi connectivity index (χ1v) is 9.00. The number of rotatable bonds is 5. The molecule has 4 nitrogen and oxygen atoms in total. The van der Waals surface area contributed by atoms with Gasteiger partial charge >= 0.3 is 0 Å². The van der Waals surface area contributed by atoms with Gasteiger partial charge in [-0.15, -0.1) is 0 Å². The quantitative estimate of drug-likeness (QED) is 0.905. The van der Waals surface area contributed by atoms with E-state index in [2.05, 4.69) is 35.5 Å². The van der Waals surface area contributed by atoms with E-state index >= 15 is 0 Å². The van der Waals surface area contributed by atoms with E-state index in [4.69, 9.17) is 9.47 Å². The fraction of sp³-hybridized carbons (Fsp3) is 0.684. The van der Waals surface area contributed by atoms with E-state index in [1.165, 1.54) is 24.8 Å². The predicted molar refractivity (Wildman–Crippen MR) is 93.5 cm³/mol. The van der Waals surface area contributed by atoms with Crippen molar-refractivity contribution in [1.82, 2.24) is 10.2 Å². The van der Waals surface area contributed by atoms with Gasteiger partial charge in [-0.1, -0.05) is 12.5 Å². The first kappa shape index (κ1) is 16.6. The zero-order valence-electron chi connectivity index (χ0n) is 14.5. The second-order valence-electron chi connectivity index (χ2n) is 6.96. The van der Waals surface area contributed by atoms with Crippen molar-refractivity contribution >= 4 is 0 Å². The van der Waals surface area contributed by atoms with Crippen LogP contribution in [0.1, 0.15) is 37.7 Å². The molecule has 0 radical (unpaired) electrons. The van der Waals surface area contributed by atoms with Gasteiger partial charge in [0, 0.05) is 19.1 Å². The monoisotopic (exact) mass is 318 g/mol. The molecular weight excluding hydrogens is 288 g/mol. The zero-order valence-corrected chi connectivity index (χ0v) is 14.5. The molecule has 0 spiro atoms. The van der Waals surface area contributed by atoms with Gasteiger partial charge in [0.2, 0.25) is 0 Å². The van der Waals surface area contributed by atoms with E-state index < -0.39 is 0 Å². The predicted octanol–water partition coefficient (Wildman–Crippen LogP) is 2.85. The van der Waals surface area contributed by atoms with E-state index in [0.717, 1.165) is 50.4 Å². The molecule has 3 rings (SSSR count). The zero-order chi connectivity index (χ0) is 16.1. The van der Waals surface area contributed by atoms with Gasteiger partial charge in [-0.25, -0.2) is 0 Å². The highest BCUT2D eigenvalue weighted by atomic mass is 16.5. The lowest BCUT2D eigenvalue weighted by atomic mass is 9.97. The van der Waals surface area contributed by atoms with Crippen LogP contribution < -0.4 is 14.8 Å². The summed E-state index contributed by atoms with van der Waals surface area (Å²) in [5, 5.41) is 3.62. The molecule has 2 fully saturated rings. The molecule has 1 unspecified atom stereocenters. The van der Waals surface area contributed by atoms with Crippen molar-refractivity contribution < 1.29 is 9.47 Å². The fourth-order valence-corrected chi connectivity index (χ4v) is 3.61. The third-order valence-electron chi connectivity index (χ3n) is 5.08. The maximum absolute atomic E-state index is 6.28. The largest absolute Gasteiger partial charge is 0.493 e. The van der Waals surface area contributed by atoms with Gasteiger partial charge < -0.3 is 19.7 Å². The molecule has 1 atom stereocenters. The summed E-state index contributed by atoms with van der Waals surface area (Å²) in [7, 11) is 3.90. The molecule has 2 aliphatic rings. The smallest absolute Gasteiger partial charge is 0.161 e. The van der Waals surface area contributed by atoms with Crippen LogP contribution in [-0.2, 0) is 6.42 Å². The lowest BCUT2D eigenvalue weighted by molar-refractivity contribution is 0.111. The Labute approximate surface area is 140 Å². The van der Waals surface area contributed by atoms with Crippen molar-refractivity contribution in [3.8, 4) is 11.5 Å². The number of hydrogen-bond donors (Lipinski definition) is 1. The van der Waals surface area contributed by atoms with Crippen molar-refractivity contribution in [2.24, 2.45) is 0 Å². The molecule has 1 aromatic carbocycles. The summed E-state index contributed by atoms with van der Waals surface area (Å²) < 4.78 is 11.8. The van der Waals surface area contributed by atoms with E-state index in [1.54, 1.807) is 7.11 Å². The summed E-state index contributed by atoms with van der Waals surface area (Å²) in [5.41, 5.74) is 1.34. The van der Waals surface area contributed by atoms with Gasteiger partial charge in [0.05, 0.1) is 7.11 Å². The Morgan fingerprint density at radius 1 is 1.13 bits per heavy atom. The summed E-state index contributed by atoms with van der Waals surface area (Å²) in [6, 6.07) is 7.03. The van der Waals surface area contributed by atoms with Crippen LogP contribution in [0.2, 0.25) is 0 Å². The Kier molecular flexibility index (Phi) is 5.79. The van der Waals surface area contributed by atoms with Gasteiger partial charge in [0.15, 0.2) is 11.5 Å². The molecule has 2 saturated heterocycles. The number of likely N-dealkylation sites (tertiary alicyclic amines) is 1. The minimum absolute atomic E-state index is 0.308. The number of ether oxygens (including phenoxy) is 2. The third-order valence-corrected chi connectivity index (χ3v) is 5.08. The number of methoxy groups -OCH3 is 1. The van der Waals surface area contributed by atoms with Crippen LogP contribution in [0.15, 0.2) is 18.2 Å². The van der Waals surface area contributed by atoms with Crippen LogP contribution in [0, 0.1) is 0 Å². The summed E-state index contributed by atoms with van der Waals surface area (Å²) >= 11 is 0. The number of nitrogens with zero attached hydrogens (tertiary/aromatic N) is 1. The van der Waals surface area contributed by atoms with Crippen molar-refractivity contribution in [1.29, 1.82) is 0 Å². The average molecular weight is 318 g/mol. The van der Waals surface area contributed by atoms with Crippen molar-refractivity contribution in [2.75, 3.05) is 33.8 Å². The van der Waals surface area contributed by atoms with Crippen molar-refractivity contribution in [3.63, 3.8) is 0 Å². The first-order chi connectivity index (χ1) is 11.2. The molecule has 2 aliphatic heterocycles. The highest BCUT2D eigenvalue weighted by Crippen LogP contribution is 2.31. The maximum Gasteiger partial charge on any atom is 0.161 e. The fourth-order valence-electron chi connectivity index (χ4n) is 3.61. The summed E-state index contributed by atoms with van der Waals surface area (Å²) in [5.74, 6) is 1.76. The molecule has 2 heterocycles. The lowest BCUT2D eigenvalue weighted by Crippen LogP contribution is -2.36. The van der Waals surface area contributed by atoms with Crippen molar-refractivity contribution in [2.45, 2.75) is 50.7 Å². The van der Waals surface area contributed by atoms with Gasteiger partial charge in [0.25, 0.3) is 0 Å². The number of nitrogens with one attached hydrogen (secondary N) is 1. The molecule has 128 valence electrons. The minimum atomic E-state index is 0.308. The first-order valence-electron chi connectivity index (χ1n) is 9.00. The Hall–Kier alpha value is -1.26. The molecule has 23 heavy (non-hydrogen) atoms. The Morgan fingerprint density at radius 2 is 1.96 bits per heavy atom. The van der Waals surface area contributed by atoms with Gasteiger partial charge in [-0.05, 0) is 63.4 Å². The molecule has 0 amide bonds. The second kappa shape index (κ2) is 8.02. The topological polar surface area (TPSA) is 33.7 Å². The third kappa shape index (κ3) is 4.61. The highest BCUT2D eigenvalue weighted by Gasteiger charge is 2.20. The molecule has 0 bridgehead atoms. The van der Waals surface area contributed by atoms with Crippen LogP contribution in [0.4, 0.5) is 0 Å². The molecule has 0 saturated carbocycles. The van der Waals surface area contributed by atoms with E-state index in [1.807, 2.05) is 0 Å². The van der Waals surface area contributed by atoms with Crippen LogP contribution >= 0.6 is 0 Å². The Bertz CT molecular complexity index is 492. The summed E-state index contributed by atoms with van der Waals surface area (Å²) in [6.07, 6.45) is 7.49. The molecular formula is C19H30N2O2.